The molecule has 5 aromatic carbocycles. The number of nitrogens with one attached hydrogen (secondary N) is 1. The van der Waals surface area contributed by atoms with E-state index in [1.807, 2.05) is 19.1 Å². The molecule has 0 saturated heterocycles. The van der Waals surface area contributed by atoms with Crippen LogP contribution in [0.3, 0.4) is 0 Å². The lowest BCUT2D eigenvalue weighted by Gasteiger charge is -2.68. The van der Waals surface area contributed by atoms with Crippen LogP contribution in [0.5, 0.6) is 0 Å². The number of benzene rings is 5. The zero-order valence-electron chi connectivity index (χ0n) is 47.1. The van der Waals surface area contributed by atoms with Crippen molar-refractivity contribution in [3.8, 4) is 0 Å². The molecule has 2 bridgehead atoms. The molecular formula is C66H67ClN2O13. The number of hydrogen-bond donors (Lipinski definition) is 3. The summed E-state index contributed by atoms with van der Waals surface area (Å²) in [5, 5.41) is 30.4. The van der Waals surface area contributed by atoms with Gasteiger partial charge < -0.3 is 34.5 Å². The number of ketones is 1. The second-order valence-electron chi connectivity index (χ2n) is 23.4. The highest BCUT2D eigenvalue weighted by atomic mass is 35.5. The van der Waals surface area contributed by atoms with Gasteiger partial charge >= 0.3 is 23.9 Å². The summed E-state index contributed by atoms with van der Waals surface area (Å²) in [6, 6.07) is 35.3. The molecule has 11 atom stereocenters. The van der Waals surface area contributed by atoms with Gasteiger partial charge in [-0.3, -0.25) is 28.5 Å². The highest BCUT2D eigenvalue weighted by Gasteiger charge is 2.76. The highest BCUT2D eigenvalue weighted by Crippen LogP contribution is 2.68. The lowest BCUT2D eigenvalue weighted by molar-refractivity contribution is -0.295. The summed E-state index contributed by atoms with van der Waals surface area (Å²) in [4.78, 5) is 103. The van der Waals surface area contributed by atoms with Crippen molar-refractivity contribution < 1.29 is 62.7 Å². The van der Waals surface area contributed by atoms with Gasteiger partial charge in [-0.15, -0.1) is 0 Å². The van der Waals surface area contributed by atoms with E-state index in [0.29, 0.717) is 55.9 Å². The third-order valence-electron chi connectivity index (χ3n) is 18.5. The summed E-state index contributed by atoms with van der Waals surface area (Å²) in [6.45, 7) is 13.3. The van der Waals surface area contributed by atoms with Gasteiger partial charge in [-0.25, -0.2) is 9.59 Å². The molecule has 10 rings (SSSR count). The number of aliphatic hydroxyl groups excluding tert-OH is 1. The van der Waals surface area contributed by atoms with E-state index >= 15 is 9.59 Å². The number of carbonyl (C=O) groups is 7. The van der Waals surface area contributed by atoms with E-state index < -0.39 is 119 Å². The molecule has 4 aliphatic rings. The summed E-state index contributed by atoms with van der Waals surface area (Å²) < 4.78 is 27.5. The molecule has 0 unspecified atom stereocenters. The minimum Gasteiger partial charge on any atom is -0.458 e. The molecule has 0 radical (unpaired) electrons. The molecule has 4 aliphatic carbocycles. The largest absolute Gasteiger partial charge is 0.458 e. The van der Waals surface area contributed by atoms with Gasteiger partial charge in [0, 0.05) is 57.8 Å². The summed E-state index contributed by atoms with van der Waals surface area (Å²) in [5.41, 5.74) is -2.93. The molecule has 3 saturated carbocycles. The Kier molecular flexibility index (Phi) is 15.3. The van der Waals surface area contributed by atoms with E-state index in [2.05, 4.69) is 5.32 Å². The van der Waals surface area contributed by atoms with Crippen LogP contribution in [0.15, 0.2) is 145 Å². The van der Waals surface area contributed by atoms with Crippen LogP contribution in [0.2, 0.25) is 5.02 Å². The fourth-order valence-electron chi connectivity index (χ4n) is 14.2. The molecular weight excluding hydrogens is 1060 g/mol. The molecule has 16 heteroatoms. The van der Waals surface area contributed by atoms with Crippen LogP contribution in [0.25, 0.3) is 10.9 Å². The number of amides is 1. The number of carbonyl (C=O) groups excluding carboxylic acids is 7. The average Bonchev–Trinajstić information content (AvgIpc) is 0.860. The number of fused-ring (bicyclic) bond motifs is 6. The maximum Gasteiger partial charge on any atom is 0.350 e. The second-order valence-corrected chi connectivity index (χ2v) is 23.8. The predicted octanol–water partition coefficient (Wildman–Crippen LogP) is 10.2. The van der Waals surface area contributed by atoms with Gasteiger partial charge in [-0.1, -0.05) is 111 Å². The van der Waals surface area contributed by atoms with Crippen molar-refractivity contribution in [2.24, 2.45) is 28.6 Å². The number of nitrogens with zero attached hydrogens (tertiary/aromatic N) is 1. The van der Waals surface area contributed by atoms with Crippen molar-refractivity contribution in [1.82, 2.24) is 9.88 Å². The number of ether oxygens (including phenoxy) is 4. The van der Waals surface area contributed by atoms with Crippen LogP contribution in [-0.2, 0) is 44.5 Å². The number of aliphatic hydroxyl groups is 2. The Labute approximate surface area is 480 Å². The standard InChI is InChI=1S/C66H67ClN2O13/c1-36-24-29-49-48(32-36)47(39(4)69(49)60(75)43-25-27-46(67)28-26-43)34-52(72)80-55(54(41-18-12-9-13-19-41)68-59(74)42-20-14-10-15-21-42)62(77)79-50-35-66(78)58(81-61(76)44-22-16-11-17-23-44)56-64(8,57(73)38(3)53(37(50)2)63(66,6)7)51(71)33-45-30-31-65(45,56)82-40(5)70/h9-29,32,38,45,50-51,54-56,58,71,78H,30-31,33-35H2,1-8H3,(H,68,74)/t38-,45-,50+,51+,54+,55-,56+,58+,64-,65+,66-/m1/s1. The Morgan fingerprint density at radius 2 is 1.43 bits per heavy atom. The number of aryl methyl sites for hydroxylation is 1. The second kappa shape index (κ2) is 21.9. The first-order valence-corrected chi connectivity index (χ1v) is 28.1. The molecule has 15 nitrogen and oxygen atoms in total. The minimum absolute atomic E-state index is 0.102. The molecule has 82 heavy (non-hydrogen) atoms. The van der Waals surface area contributed by atoms with E-state index in [1.165, 1.54) is 11.5 Å². The third kappa shape index (κ3) is 9.73. The van der Waals surface area contributed by atoms with Crippen molar-refractivity contribution in [2.75, 3.05) is 0 Å². The van der Waals surface area contributed by atoms with Gasteiger partial charge in [0.05, 0.1) is 34.9 Å². The van der Waals surface area contributed by atoms with E-state index in [4.69, 9.17) is 30.5 Å². The molecule has 1 heterocycles. The van der Waals surface area contributed by atoms with E-state index in [0.717, 1.165) is 5.56 Å². The number of rotatable bonds is 13. The van der Waals surface area contributed by atoms with Crippen LogP contribution in [0, 0.1) is 42.4 Å². The predicted molar refractivity (Wildman–Crippen MR) is 304 cm³/mol. The van der Waals surface area contributed by atoms with Gasteiger partial charge in [0.2, 0.25) is 6.10 Å². The van der Waals surface area contributed by atoms with Crippen LogP contribution < -0.4 is 5.32 Å². The zero-order valence-corrected chi connectivity index (χ0v) is 47.8. The smallest absolute Gasteiger partial charge is 0.350 e. The zero-order chi connectivity index (χ0) is 58.8. The SMILES string of the molecule is CC(=O)O[C@@]12CC[C@@H]1C[C@H](O)[C@@]1(C)C(=O)[C@H](C)C3=C(C)[C@@H](OC(=O)[C@H](OC(=O)Cc4c(C)n(C(=O)c5ccc(Cl)cc5)c5ccc(C)cc45)[C@@H](NC(=O)c4ccccc4)c4ccccc4)C[C@@](O)([C@@H](OC(=O)c4ccccc4)[C@H]21)C3(C)C. The van der Waals surface area contributed by atoms with Gasteiger partial charge in [-0.2, -0.15) is 0 Å². The number of halogens is 1. The average molecular weight is 1130 g/mol. The molecule has 3 N–H and O–H groups in total. The van der Waals surface area contributed by atoms with Gasteiger partial charge in [0.1, 0.15) is 35.2 Å². The molecule has 0 spiro atoms. The fourth-order valence-corrected chi connectivity index (χ4v) is 14.3. The Morgan fingerprint density at radius 3 is 2.04 bits per heavy atom. The summed E-state index contributed by atoms with van der Waals surface area (Å²) >= 11 is 6.19. The molecule has 0 aliphatic heterocycles. The number of aromatic nitrogens is 1. The number of Topliss-reactive ketones (excluding diaryl/α,β-unsaturated/α-hetero) is 1. The first kappa shape index (κ1) is 57.5. The highest BCUT2D eigenvalue weighted by molar-refractivity contribution is 6.30. The minimum atomic E-state index is -2.26. The normalized spacial score (nSPS) is 27.0. The number of hydrogen-bond acceptors (Lipinski definition) is 13. The van der Waals surface area contributed by atoms with Crippen LogP contribution in [-0.4, -0.2) is 91.9 Å². The van der Waals surface area contributed by atoms with Crippen LogP contribution in [0.1, 0.15) is 127 Å². The van der Waals surface area contributed by atoms with Crippen molar-refractivity contribution in [3.05, 3.63) is 189 Å². The molecule has 426 valence electrons. The third-order valence-corrected chi connectivity index (χ3v) is 18.7. The van der Waals surface area contributed by atoms with Crippen molar-refractivity contribution in [3.63, 3.8) is 0 Å². The molecule has 6 aromatic rings. The maximum atomic E-state index is 15.7. The van der Waals surface area contributed by atoms with E-state index in [1.54, 1.807) is 163 Å². The Morgan fingerprint density at radius 1 is 0.805 bits per heavy atom. The van der Waals surface area contributed by atoms with Gasteiger partial charge in [-0.05, 0) is 130 Å². The first-order chi connectivity index (χ1) is 38.9. The van der Waals surface area contributed by atoms with Crippen molar-refractivity contribution in [2.45, 2.75) is 129 Å². The Balaban J connectivity index is 1.09. The summed E-state index contributed by atoms with van der Waals surface area (Å²) in [6.07, 6.45) is -6.43. The quantitative estimate of drug-likeness (QED) is 0.0559. The summed E-state index contributed by atoms with van der Waals surface area (Å²) in [7, 11) is 0. The molecule has 1 aromatic heterocycles. The van der Waals surface area contributed by atoms with Crippen molar-refractivity contribution in [1.29, 1.82) is 0 Å². The Bertz CT molecular complexity index is 3560. The maximum absolute atomic E-state index is 15.7. The first-order valence-electron chi connectivity index (χ1n) is 27.8. The van der Waals surface area contributed by atoms with E-state index in [-0.39, 0.29) is 29.9 Å². The lowest BCUT2D eigenvalue weighted by atomic mass is 9.40. The topological polar surface area (TPSA) is 214 Å². The monoisotopic (exact) mass is 1130 g/mol. The molecule has 1 amide bonds. The van der Waals surface area contributed by atoms with Gasteiger partial charge in [0.25, 0.3) is 11.8 Å². The van der Waals surface area contributed by atoms with Crippen LogP contribution >= 0.6 is 11.6 Å². The fraction of sp³-hybridized carbons (Fsp3) is 0.379. The summed E-state index contributed by atoms with van der Waals surface area (Å²) in [5.74, 6) is -7.89. The van der Waals surface area contributed by atoms with Gasteiger partial charge in [0.15, 0.2) is 0 Å². The Hall–Kier alpha value is -7.72. The lowest BCUT2D eigenvalue weighted by Crippen LogP contribution is -2.78. The molecule has 3 fully saturated rings. The van der Waals surface area contributed by atoms with Crippen molar-refractivity contribution >= 4 is 64.0 Å². The van der Waals surface area contributed by atoms with Crippen LogP contribution in [0.4, 0.5) is 0 Å². The number of esters is 4. The van der Waals surface area contributed by atoms with E-state index in [9.17, 15) is 34.2 Å².